The van der Waals surface area contributed by atoms with Crippen LogP contribution in [0.15, 0.2) is 42.1 Å². The highest BCUT2D eigenvalue weighted by molar-refractivity contribution is 5.25. The molecule has 1 aromatic rings. The molecule has 2 heterocycles. The molecule has 0 aliphatic carbocycles. The molecule has 2 aliphatic heterocycles. The topological polar surface area (TPSA) is 50.1 Å². The van der Waals surface area contributed by atoms with Gasteiger partial charge in [0, 0.05) is 24.2 Å². The SMILES string of the molecule is NC1CCCNC1CC1=CCC(c2ccccc2)N1. The molecule has 1 fully saturated rings. The molecule has 2 aliphatic rings. The second-order valence-electron chi connectivity index (χ2n) is 5.64. The summed E-state index contributed by atoms with van der Waals surface area (Å²) in [6.45, 7) is 1.10. The fourth-order valence-corrected chi connectivity index (χ4v) is 3.09. The molecule has 4 N–H and O–H groups in total. The van der Waals surface area contributed by atoms with Crippen molar-refractivity contribution in [1.29, 1.82) is 0 Å². The smallest absolute Gasteiger partial charge is 0.0545 e. The average Bonchev–Trinajstić information content (AvgIpc) is 2.91. The summed E-state index contributed by atoms with van der Waals surface area (Å²) in [5.74, 6) is 0. The lowest BCUT2D eigenvalue weighted by atomic mass is 9.95. The van der Waals surface area contributed by atoms with E-state index in [1.54, 1.807) is 0 Å². The Morgan fingerprint density at radius 1 is 1.21 bits per heavy atom. The van der Waals surface area contributed by atoms with Gasteiger partial charge in [0.2, 0.25) is 0 Å². The van der Waals surface area contributed by atoms with E-state index in [-0.39, 0.29) is 0 Å². The molecule has 0 spiro atoms. The molecule has 1 saturated heterocycles. The Labute approximate surface area is 115 Å². The highest BCUT2D eigenvalue weighted by atomic mass is 15.0. The first-order chi connectivity index (χ1) is 9.33. The Morgan fingerprint density at radius 2 is 2.05 bits per heavy atom. The molecule has 0 saturated carbocycles. The Morgan fingerprint density at radius 3 is 2.84 bits per heavy atom. The predicted octanol–water partition coefficient (Wildman–Crippen LogP) is 2.07. The standard InChI is InChI=1S/C16H23N3/c17-14-7-4-10-18-16(14)11-13-8-9-15(19-13)12-5-2-1-3-6-12/h1-3,5-6,8,14-16,18-19H,4,7,9-11,17H2. The third-order valence-corrected chi connectivity index (χ3v) is 4.24. The van der Waals surface area contributed by atoms with Crippen molar-refractivity contribution in [3.05, 3.63) is 47.7 Å². The van der Waals surface area contributed by atoms with Gasteiger partial charge in [-0.1, -0.05) is 36.4 Å². The molecule has 3 atom stereocenters. The highest BCUT2D eigenvalue weighted by Crippen LogP contribution is 2.27. The molecule has 102 valence electrons. The normalized spacial score (nSPS) is 30.8. The van der Waals surface area contributed by atoms with E-state index in [4.69, 9.17) is 5.73 Å². The van der Waals surface area contributed by atoms with Crippen LogP contribution in [-0.2, 0) is 0 Å². The number of hydrogen-bond donors (Lipinski definition) is 3. The van der Waals surface area contributed by atoms with Gasteiger partial charge in [-0.05, 0) is 31.4 Å². The van der Waals surface area contributed by atoms with Gasteiger partial charge in [0.05, 0.1) is 6.04 Å². The maximum atomic E-state index is 6.19. The van der Waals surface area contributed by atoms with Crippen LogP contribution in [0, 0.1) is 0 Å². The van der Waals surface area contributed by atoms with Crippen molar-refractivity contribution < 1.29 is 0 Å². The monoisotopic (exact) mass is 257 g/mol. The van der Waals surface area contributed by atoms with Crippen molar-refractivity contribution in [3.8, 4) is 0 Å². The van der Waals surface area contributed by atoms with Crippen molar-refractivity contribution in [2.45, 2.75) is 43.8 Å². The molecule has 0 aromatic heterocycles. The van der Waals surface area contributed by atoms with Crippen molar-refractivity contribution in [3.63, 3.8) is 0 Å². The van der Waals surface area contributed by atoms with Crippen LogP contribution in [0.1, 0.15) is 37.3 Å². The van der Waals surface area contributed by atoms with Crippen LogP contribution < -0.4 is 16.4 Å². The third-order valence-electron chi connectivity index (χ3n) is 4.24. The molecule has 19 heavy (non-hydrogen) atoms. The average molecular weight is 257 g/mol. The van der Waals surface area contributed by atoms with Crippen molar-refractivity contribution in [1.82, 2.24) is 10.6 Å². The van der Waals surface area contributed by atoms with E-state index in [9.17, 15) is 0 Å². The first-order valence-corrected chi connectivity index (χ1v) is 7.32. The van der Waals surface area contributed by atoms with Crippen LogP contribution >= 0.6 is 0 Å². The van der Waals surface area contributed by atoms with E-state index in [0.717, 1.165) is 25.8 Å². The lowest BCUT2D eigenvalue weighted by molar-refractivity contribution is 0.344. The lowest BCUT2D eigenvalue weighted by Gasteiger charge is -2.30. The highest BCUT2D eigenvalue weighted by Gasteiger charge is 2.25. The summed E-state index contributed by atoms with van der Waals surface area (Å²) in [6.07, 6.45) is 6.80. The van der Waals surface area contributed by atoms with Gasteiger partial charge in [0.25, 0.3) is 0 Å². The number of benzene rings is 1. The Hall–Kier alpha value is -1.32. The summed E-state index contributed by atoms with van der Waals surface area (Å²) in [5.41, 5.74) is 8.91. The minimum absolute atomic E-state index is 0.298. The summed E-state index contributed by atoms with van der Waals surface area (Å²) in [5, 5.41) is 7.19. The second-order valence-corrected chi connectivity index (χ2v) is 5.64. The molecule has 0 radical (unpaired) electrons. The minimum atomic E-state index is 0.298. The summed E-state index contributed by atoms with van der Waals surface area (Å²) >= 11 is 0. The minimum Gasteiger partial charge on any atom is -0.381 e. The number of piperidine rings is 1. The first-order valence-electron chi connectivity index (χ1n) is 7.32. The van der Waals surface area contributed by atoms with E-state index in [2.05, 4.69) is 47.0 Å². The maximum Gasteiger partial charge on any atom is 0.0545 e. The van der Waals surface area contributed by atoms with Gasteiger partial charge in [-0.3, -0.25) is 0 Å². The predicted molar refractivity (Wildman–Crippen MR) is 78.6 cm³/mol. The molecule has 1 aromatic carbocycles. The van der Waals surface area contributed by atoms with Gasteiger partial charge in [0.15, 0.2) is 0 Å². The van der Waals surface area contributed by atoms with Crippen molar-refractivity contribution in [2.75, 3.05) is 6.54 Å². The number of rotatable bonds is 3. The van der Waals surface area contributed by atoms with E-state index >= 15 is 0 Å². The largest absolute Gasteiger partial charge is 0.381 e. The molecule has 0 bridgehead atoms. The molecule has 0 amide bonds. The molecule has 3 heteroatoms. The fourth-order valence-electron chi connectivity index (χ4n) is 3.09. The second kappa shape index (κ2) is 5.76. The Bertz CT molecular complexity index is 441. The molecule has 3 unspecified atom stereocenters. The molecular weight excluding hydrogens is 234 g/mol. The summed E-state index contributed by atoms with van der Waals surface area (Å²) < 4.78 is 0. The zero-order valence-electron chi connectivity index (χ0n) is 11.3. The van der Waals surface area contributed by atoms with Gasteiger partial charge in [0.1, 0.15) is 0 Å². The van der Waals surface area contributed by atoms with E-state index in [1.807, 2.05) is 0 Å². The molecule has 3 rings (SSSR count). The lowest BCUT2D eigenvalue weighted by Crippen LogP contribution is -2.49. The number of nitrogens with one attached hydrogen (secondary N) is 2. The molecule has 3 nitrogen and oxygen atoms in total. The molecular formula is C16H23N3. The zero-order valence-corrected chi connectivity index (χ0v) is 11.3. The quantitative estimate of drug-likeness (QED) is 0.777. The van der Waals surface area contributed by atoms with Crippen LogP contribution in [0.5, 0.6) is 0 Å². The van der Waals surface area contributed by atoms with Crippen LogP contribution in [0.3, 0.4) is 0 Å². The summed E-state index contributed by atoms with van der Waals surface area (Å²) in [6, 6.07) is 11.8. The van der Waals surface area contributed by atoms with Crippen molar-refractivity contribution >= 4 is 0 Å². The third kappa shape index (κ3) is 2.99. The van der Waals surface area contributed by atoms with Crippen LogP contribution in [0.4, 0.5) is 0 Å². The van der Waals surface area contributed by atoms with Crippen LogP contribution in [0.2, 0.25) is 0 Å². The van der Waals surface area contributed by atoms with Gasteiger partial charge >= 0.3 is 0 Å². The Balaban J connectivity index is 1.57. The summed E-state index contributed by atoms with van der Waals surface area (Å²) in [7, 11) is 0. The number of nitrogens with two attached hydrogens (primary N) is 1. The van der Waals surface area contributed by atoms with Gasteiger partial charge in [-0.2, -0.15) is 0 Å². The van der Waals surface area contributed by atoms with Gasteiger partial charge in [-0.25, -0.2) is 0 Å². The van der Waals surface area contributed by atoms with Crippen molar-refractivity contribution in [2.24, 2.45) is 5.73 Å². The van der Waals surface area contributed by atoms with E-state index in [1.165, 1.54) is 17.7 Å². The zero-order chi connectivity index (χ0) is 13.1. The van der Waals surface area contributed by atoms with Gasteiger partial charge < -0.3 is 16.4 Å². The first kappa shape index (κ1) is 12.7. The summed E-state index contributed by atoms with van der Waals surface area (Å²) in [4.78, 5) is 0. The maximum absolute atomic E-state index is 6.19. The Kier molecular flexibility index (Phi) is 3.85. The fraction of sp³-hybridized carbons (Fsp3) is 0.500. The van der Waals surface area contributed by atoms with Crippen LogP contribution in [0.25, 0.3) is 0 Å². The van der Waals surface area contributed by atoms with E-state index in [0.29, 0.717) is 18.1 Å². The van der Waals surface area contributed by atoms with E-state index < -0.39 is 0 Å². The van der Waals surface area contributed by atoms with Gasteiger partial charge in [-0.15, -0.1) is 0 Å². The van der Waals surface area contributed by atoms with Crippen LogP contribution in [-0.4, -0.2) is 18.6 Å². The number of hydrogen-bond acceptors (Lipinski definition) is 3.